The van der Waals surface area contributed by atoms with E-state index in [0.717, 1.165) is 18.4 Å². The molecule has 2 saturated carbocycles. The van der Waals surface area contributed by atoms with E-state index in [1.54, 1.807) is 0 Å². The van der Waals surface area contributed by atoms with Gasteiger partial charge in [-0.15, -0.1) is 0 Å². The first-order valence-corrected chi connectivity index (χ1v) is 9.96. The second-order valence-corrected chi connectivity index (χ2v) is 8.46. The Kier molecular flexibility index (Phi) is 5.43. The van der Waals surface area contributed by atoms with Crippen LogP contribution in [0.15, 0.2) is 36.5 Å². The maximum absolute atomic E-state index is 12.1. The van der Waals surface area contributed by atoms with E-state index in [2.05, 4.69) is 19.7 Å². The summed E-state index contributed by atoms with van der Waals surface area (Å²) in [6, 6.07) is 0. The van der Waals surface area contributed by atoms with Crippen LogP contribution in [0.1, 0.15) is 19.3 Å². The van der Waals surface area contributed by atoms with Gasteiger partial charge in [0.2, 0.25) is 0 Å². The zero-order chi connectivity index (χ0) is 21.0. The Morgan fingerprint density at radius 2 is 1.79 bits per heavy atom. The summed E-state index contributed by atoms with van der Waals surface area (Å²) < 4.78 is 17.1. The van der Waals surface area contributed by atoms with Gasteiger partial charge in [-0.25, -0.2) is 4.79 Å². The predicted molar refractivity (Wildman–Crippen MR) is 100 cm³/mol. The molecule has 160 valence electrons. The Morgan fingerprint density at radius 1 is 1.07 bits per heavy atom. The zero-order valence-corrected chi connectivity index (χ0v) is 16.1. The van der Waals surface area contributed by atoms with E-state index in [-0.39, 0.29) is 29.8 Å². The van der Waals surface area contributed by atoms with Gasteiger partial charge in [-0.2, -0.15) is 0 Å². The van der Waals surface area contributed by atoms with Gasteiger partial charge in [-0.05, 0) is 30.8 Å². The third-order valence-corrected chi connectivity index (χ3v) is 6.89. The normalized spacial score (nSPS) is 47.6. The summed E-state index contributed by atoms with van der Waals surface area (Å²) in [6.45, 7) is 11.8. The number of aliphatic hydroxyl groups excluding tert-OH is 4. The van der Waals surface area contributed by atoms with Crippen LogP contribution in [0.2, 0.25) is 0 Å². The van der Waals surface area contributed by atoms with Crippen LogP contribution in [0, 0.1) is 17.8 Å². The van der Waals surface area contributed by atoms with Gasteiger partial charge in [0.25, 0.3) is 0 Å². The largest absolute Gasteiger partial charge is 0.458 e. The summed E-state index contributed by atoms with van der Waals surface area (Å²) in [7, 11) is 0. The number of fused-ring (bicyclic) bond motifs is 3. The Bertz CT molecular complexity index is 730. The SMILES string of the molecule is C=C1[C@@H]2[C@H]3OC(=O)C(=C)[C@@H]3CCC(=C)[C@@H]2C[C@H]1O[C@H]1O[C@H](CO)[C@H](O)[C@H](O)[C@H]1O. The molecule has 0 aromatic rings. The second kappa shape index (κ2) is 7.61. The average Bonchev–Trinajstić information content (AvgIpc) is 3.11. The van der Waals surface area contributed by atoms with Crippen molar-refractivity contribution < 1.29 is 39.4 Å². The number of allylic oxidation sites excluding steroid dienone is 1. The molecule has 29 heavy (non-hydrogen) atoms. The van der Waals surface area contributed by atoms with E-state index in [9.17, 15) is 25.2 Å². The molecule has 4 fully saturated rings. The lowest BCUT2D eigenvalue weighted by Gasteiger charge is -2.40. The molecule has 0 unspecified atom stereocenters. The molecule has 0 spiro atoms. The molecule has 2 heterocycles. The van der Waals surface area contributed by atoms with Gasteiger partial charge in [0.05, 0.1) is 12.7 Å². The minimum atomic E-state index is -1.51. The van der Waals surface area contributed by atoms with Crippen molar-refractivity contribution in [3.63, 3.8) is 0 Å². The van der Waals surface area contributed by atoms with Crippen molar-refractivity contribution in [2.75, 3.05) is 6.61 Å². The molecule has 4 aliphatic rings. The van der Waals surface area contributed by atoms with E-state index in [1.807, 2.05) is 0 Å². The number of aliphatic hydroxyl groups is 4. The van der Waals surface area contributed by atoms with Crippen LogP contribution in [0.5, 0.6) is 0 Å². The number of rotatable bonds is 3. The summed E-state index contributed by atoms with van der Waals surface area (Å²) in [5.41, 5.74) is 2.23. The van der Waals surface area contributed by atoms with Gasteiger partial charge in [-0.3, -0.25) is 0 Å². The fraction of sp³-hybridized carbons (Fsp3) is 0.667. The highest BCUT2D eigenvalue weighted by molar-refractivity contribution is 5.91. The van der Waals surface area contributed by atoms with E-state index in [0.29, 0.717) is 17.6 Å². The molecule has 0 aromatic heterocycles. The first-order valence-electron chi connectivity index (χ1n) is 9.96. The van der Waals surface area contributed by atoms with Crippen molar-refractivity contribution in [1.29, 1.82) is 0 Å². The fourth-order valence-corrected chi connectivity index (χ4v) is 5.17. The topological polar surface area (TPSA) is 126 Å². The van der Waals surface area contributed by atoms with Gasteiger partial charge in [-0.1, -0.05) is 25.3 Å². The first kappa shape index (κ1) is 20.7. The van der Waals surface area contributed by atoms with E-state index in [1.165, 1.54) is 0 Å². The van der Waals surface area contributed by atoms with Crippen LogP contribution in [0.4, 0.5) is 0 Å². The lowest BCUT2D eigenvalue weighted by Crippen LogP contribution is -2.59. The van der Waals surface area contributed by atoms with Crippen molar-refractivity contribution in [2.45, 2.75) is 62.2 Å². The third-order valence-electron chi connectivity index (χ3n) is 6.89. The molecule has 8 nitrogen and oxygen atoms in total. The van der Waals surface area contributed by atoms with Crippen LogP contribution in [-0.4, -0.2) is 75.9 Å². The summed E-state index contributed by atoms with van der Waals surface area (Å²) >= 11 is 0. The number of carbonyl (C=O) groups is 1. The Labute approximate surface area is 169 Å². The summed E-state index contributed by atoms with van der Waals surface area (Å²) in [5.74, 6) is -0.631. The van der Waals surface area contributed by atoms with Gasteiger partial charge in [0, 0.05) is 17.4 Å². The highest BCUT2D eigenvalue weighted by Crippen LogP contribution is 2.53. The van der Waals surface area contributed by atoms with Gasteiger partial charge < -0.3 is 34.6 Å². The molecular weight excluding hydrogens is 380 g/mol. The smallest absolute Gasteiger partial charge is 0.334 e. The second-order valence-electron chi connectivity index (χ2n) is 8.46. The average molecular weight is 408 g/mol. The molecule has 0 radical (unpaired) electrons. The Balaban J connectivity index is 1.54. The Morgan fingerprint density at radius 3 is 2.48 bits per heavy atom. The highest BCUT2D eigenvalue weighted by Gasteiger charge is 2.54. The molecule has 4 N–H and O–H groups in total. The van der Waals surface area contributed by atoms with Crippen LogP contribution in [0.3, 0.4) is 0 Å². The van der Waals surface area contributed by atoms with Crippen LogP contribution >= 0.6 is 0 Å². The molecule has 2 aliphatic carbocycles. The molecule has 4 rings (SSSR count). The number of ether oxygens (including phenoxy) is 3. The zero-order valence-electron chi connectivity index (χ0n) is 16.1. The van der Waals surface area contributed by atoms with Crippen LogP contribution in [-0.2, 0) is 19.0 Å². The van der Waals surface area contributed by atoms with Crippen molar-refractivity contribution >= 4 is 5.97 Å². The highest BCUT2D eigenvalue weighted by atomic mass is 16.7. The molecule has 0 aromatic carbocycles. The molecule has 8 heteroatoms. The van der Waals surface area contributed by atoms with Crippen molar-refractivity contribution in [3.8, 4) is 0 Å². The molecule has 2 saturated heterocycles. The molecule has 2 aliphatic heterocycles. The molecule has 0 amide bonds. The van der Waals surface area contributed by atoms with Gasteiger partial charge >= 0.3 is 5.97 Å². The van der Waals surface area contributed by atoms with Crippen molar-refractivity contribution in [2.24, 2.45) is 17.8 Å². The molecule has 10 atom stereocenters. The van der Waals surface area contributed by atoms with Crippen molar-refractivity contribution in [1.82, 2.24) is 0 Å². The van der Waals surface area contributed by atoms with E-state index in [4.69, 9.17) is 14.2 Å². The van der Waals surface area contributed by atoms with E-state index < -0.39 is 43.4 Å². The van der Waals surface area contributed by atoms with Crippen LogP contribution in [0.25, 0.3) is 0 Å². The third kappa shape index (κ3) is 3.28. The lowest BCUT2D eigenvalue weighted by molar-refractivity contribution is -0.308. The molecule has 0 bridgehead atoms. The number of esters is 1. The number of carbonyl (C=O) groups excluding carboxylic acids is 1. The quantitative estimate of drug-likeness (QED) is 0.288. The summed E-state index contributed by atoms with van der Waals surface area (Å²) in [5, 5.41) is 39.6. The first-order chi connectivity index (χ1) is 13.7. The van der Waals surface area contributed by atoms with Crippen molar-refractivity contribution in [3.05, 3.63) is 36.5 Å². The number of hydrogen-bond acceptors (Lipinski definition) is 8. The van der Waals surface area contributed by atoms with Crippen LogP contribution < -0.4 is 0 Å². The summed E-state index contributed by atoms with van der Waals surface area (Å²) in [4.78, 5) is 12.1. The Hall–Kier alpha value is -1.55. The van der Waals surface area contributed by atoms with Gasteiger partial charge in [0.1, 0.15) is 30.5 Å². The number of hydrogen-bond donors (Lipinski definition) is 4. The van der Waals surface area contributed by atoms with E-state index >= 15 is 0 Å². The maximum atomic E-state index is 12.1. The maximum Gasteiger partial charge on any atom is 0.334 e. The lowest BCUT2D eigenvalue weighted by atomic mass is 9.82. The standard InChI is InChI=1S/C21H28O8/c1-8-4-5-11-9(2)20(26)29-19(11)15-10(3)13(6-12(8)15)27-21-18(25)17(24)16(23)14(7-22)28-21/h11-19,21-25H,1-7H2/t11-,12-,13+,14+,15-,16-,17-,18+,19-,21-/m0/s1. The predicted octanol–water partition coefficient (Wildman–Crippen LogP) is -0.188. The van der Waals surface area contributed by atoms with Gasteiger partial charge in [0.15, 0.2) is 6.29 Å². The fourth-order valence-electron chi connectivity index (χ4n) is 5.17. The molecular formula is C21H28O8. The summed E-state index contributed by atoms with van der Waals surface area (Å²) in [6.07, 6.45) is -5.57. The monoisotopic (exact) mass is 408 g/mol. The minimum absolute atomic E-state index is 0.00564. The minimum Gasteiger partial charge on any atom is -0.458 e.